The van der Waals surface area contributed by atoms with E-state index in [1.165, 1.54) is 77.0 Å². The normalized spacial score (nSPS) is 15.7. The summed E-state index contributed by atoms with van der Waals surface area (Å²) in [6.45, 7) is 3.74. The zero-order chi connectivity index (χ0) is 23.2. The van der Waals surface area contributed by atoms with E-state index in [0.29, 0.717) is 13.2 Å². The van der Waals surface area contributed by atoms with E-state index in [2.05, 4.69) is 12.2 Å². The fourth-order valence-corrected chi connectivity index (χ4v) is 3.56. The molecule has 0 aliphatic heterocycles. The van der Waals surface area contributed by atoms with E-state index in [1.54, 1.807) is 0 Å². The van der Waals surface area contributed by atoms with E-state index in [0.717, 1.165) is 19.4 Å². The summed E-state index contributed by atoms with van der Waals surface area (Å²) < 4.78 is 5.62. The Hall–Kier alpha value is -0.280. The molecule has 0 amide bonds. The molecule has 4 atom stereocenters. The lowest BCUT2D eigenvalue weighted by Gasteiger charge is -2.25. The molecule has 0 aliphatic carbocycles. The Morgan fingerprint density at radius 2 is 1.06 bits per heavy atom. The zero-order valence-electron chi connectivity index (χ0n) is 19.9. The number of rotatable bonds is 24. The molecule has 0 radical (unpaired) electrons. The standard InChI is InChI=1S/C24H51NO6/c1-2-3-4-5-6-7-8-9-10-11-12-13-14-17-31-18-15-16-25-19-21(27)23(29)24(30)22(28)20-26/h21-30H,2-20H2,1H3/t21-,22+,23+,24+/m0/s1. The molecule has 7 heteroatoms. The average molecular weight is 450 g/mol. The van der Waals surface area contributed by atoms with Crippen LogP contribution in [0.3, 0.4) is 0 Å². The summed E-state index contributed by atoms with van der Waals surface area (Å²) in [5.74, 6) is 0. The maximum absolute atomic E-state index is 9.78. The number of nitrogens with one attached hydrogen (secondary N) is 1. The van der Waals surface area contributed by atoms with Gasteiger partial charge in [0, 0.05) is 19.8 Å². The third kappa shape index (κ3) is 18.9. The van der Waals surface area contributed by atoms with Gasteiger partial charge in [0.2, 0.25) is 0 Å². The third-order valence-corrected chi connectivity index (χ3v) is 5.71. The van der Waals surface area contributed by atoms with Gasteiger partial charge in [-0.3, -0.25) is 0 Å². The van der Waals surface area contributed by atoms with E-state index >= 15 is 0 Å². The molecule has 0 unspecified atom stereocenters. The summed E-state index contributed by atoms with van der Waals surface area (Å²) in [5.41, 5.74) is 0. The molecule has 0 saturated heterocycles. The first-order valence-electron chi connectivity index (χ1n) is 12.7. The van der Waals surface area contributed by atoms with Crippen molar-refractivity contribution in [3.8, 4) is 0 Å². The summed E-state index contributed by atoms with van der Waals surface area (Å²) in [6, 6.07) is 0. The number of hydrogen-bond acceptors (Lipinski definition) is 7. The predicted octanol–water partition coefficient (Wildman–Crippen LogP) is 2.51. The van der Waals surface area contributed by atoms with Crippen molar-refractivity contribution in [1.29, 1.82) is 0 Å². The van der Waals surface area contributed by atoms with Crippen molar-refractivity contribution in [1.82, 2.24) is 5.32 Å². The average Bonchev–Trinajstić information content (AvgIpc) is 2.78. The van der Waals surface area contributed by atoms with Gasteiger partial charge < -0.3 is 35.6 Å². The topological polar surface area (TPSA) is 122 Å². The molecule has 0 aromatic heterocycles. The van der Waals surface area contributed by atoms with Crippen molar-refractivity contribution < 1.29 is 30.3 Å². The third-order valence-electron chi connectivity index (χ3n) is 5.71. The van der Waals surface area contributed by atoms with Crippen molar-refractivity contribution >= 4 is 0 Å². The molecule has 0 aromatic carbocycles. The SMILES string of the molecule is CCCCCCCCCCCCCCCOCCCNC[C@H](O)[C@@H](O)[C@H](O)[C@H](O)CO. The Kier molecular flexibility index (Phi) is 22.7. The van der Waals surface area contributed by atoms with Crippen LogP contribution < -0.4 is 5.32 Å². The lowest BCUT2D eigenvalue weighted by Crippen LogP contribution is -2.49. The maximum atomic E-state index is 9.78. The first-order chi connectivity index (χ1) is 15.0. The van der Waals surface area contributed by atoms with Crippen LogP contribution in [0.25, 0.3) is 0 Å². The van der Waals surface area contributed by atoms with Crippen molar-refractivity contribution in [3.63, 3.8) is 0 Å². The van der Waals surface area contributed by atoms with Crippen LogP contribution in [0.1, 0.15) is 96.8 Å². The molecule has 0 heterocycles. The highest BCUT2D eigenvalue weighted by Gasteiger charge is 2.29. The maximum Gasteiger partial charge on any atom is 0.111 e. The minimum atomic E-state index is -1.58. The van der Waals surface area contributed by atoms with Crippen molar-refractivity contribution in [2.75, 3.05) is 32.9 Å². The van der Waals surface area contributed by atoms with Gasteiger partial charge in [0.1, 0.15) is 18.3 Å². The van der Waals surface area contributed by atoms with Crippen LogP contribution in [0, 0.1) is 0 Å². The largest absolute Gasteiger partial charge is 0.394 e. The van der Waals surface area contributed by atoms with Crippen LogP contribution in [0.15, 0.2) is 0 Å². The zero-order valence-corrected chi connectivity index (χ0v) is 19.9. The molecule has 31 heavy (non-hydrogen) atoms. The van der Waals surface area contributed by atoms with Crippen LogP contribution in [0.2, 0.25) is 0 Å². The molecular weight excluding hydrogens is 398 g/mol. The Morgan fingerprint density at radius 3 is 1.58 bits per heavy atom. The Balaban J connectivity index is 3.28. The Bertz CT molecular complexity index is 361. The highest BCUT2D eigenvalue weighted by molar-refractivity contribution is 4.81. The molecule has 7 nitrogen and oxygen atoms in total. The van der Waals surface area contributed by atoms with Gasteiger partial charge in [-0.2, -0.15) is 0 Å². The second-order valence-electron chi connectivity index (χ2n) is 8.71. The van der Waals surface area contributed by atoms with Gasteiger partial charge >= 0.3 is 0 Å². The van der Waals surface area contributed by atoms with Crippen molar-refractivity contribution in [2.24, 2.45) is 0 Å². The number of ether oxygens (including phenoxy) is 1. The fraction of sp³-hybridized carbons (Fsp3) is 1.00. The van der Waals surface area contributed by atoms with Crippen LogP contribution in [-0.2, 0) is 4.74 Å². The quantitative estimate of drug-likeness (QED) is 0.125. The molecule has 6 N–H and O–H groups in total. The summed E-state index contributed by atoms with van der Waals surface area (Å²) in [5, 5.41) is 50.0. The molecular formula is C24H51NO6. The van der Waals surface area contributed by atoms with Crippen LogP contribution in [0.4, 0.5) is 0 Å². The summed E-state index contributed by atoms with van der Waals surface area (Å²) in [4.78, 5) is 0. The number of aliphatic hydroxyl groups is 5. The van der Waals surface area contributed by atoms with Crippen molar-refractivity contribution in [2.45, 2.75) is 121 Å². The number of hydrogen-bond donors (Lipinski definition) is 6. The fourth-order valence-electron chi connectivity index (χ4n) is 3.56. The second-order valence-corrected chi connectivity index (χ2v) is 8.71. The van der Waals surface area contributed by atoms with Gasteiger partial charge in [-0.15, -0.1) is 0 Å². The summed E-state index contributed by atoms with van der Waals surface area (Å²) in [6.07, 6.45) is 12.4. The molecule has 0 spiro atoms. The molecule has 0 bridgehead atoms. The van der Waals surface area contributed by atoms with E-state index in [4.69, 9.17) is 9.84 Å². The van der Waals surface area contributed by atoms with E-state index in [9.17, 15) is 20.4 Å². The van der Waals surface area contributed by atoms with Crippen LogP contribution in [-0.4, -0.2) is 82.9 Å². The minimum absolute atomic E-state index is 0.0925. The molecule has 0 saturated carbocycles. The van der Waals surface area contributed by atoms with Crippen LogP contribution in [0.5, 0.6) is 0 Å². The molecule has 0 aromatic rings. The second kappa shape index (κ2) is 22.9. The highest BCUT2D eigenvalue weighted by atomic mass is 16.5. The molecule has 188 valence electrons. The van der Waals surface area contributed by atoms with E-state index in [-0.39, 0.29) is 6.54 Å². The van der Waals surface area contributed by atoms with Crippen molar-refractivity contribution in [3.05, 3.63) is 0 Å². The first-order valence-corrected chi connectivity index (χ1v) is 12.7. The molecule has 0 aliphatic rings. The van der Waals surface area contributed by atoms with Gasteiger partial charge in [-0.25, -0.2) is 0 Å². The summed E-state index contributed by atoms with van der Waals surface area (Å²) in [7, 11) is 0. The van der Waals surface area contributed by atoms with E-state index in [1.807, 2.05) is 0 Å². The van der Waals surface area contributed by atoms with Crippen LogP contribution >= 0.6 is 0 Å². The molecule has 0 rings (SSSR count). The van der Waals surface area contributed by atoms with Gasteiger partial charge in [0.05, 0.1) is 12.7 Å². The first kappa shape index (κ1) is 30.7. The minimum Gasteiger partial charge on any atom is -0.394 e. The number of aliphatic hydroxyl groups excluding tert-OH is 5. The molecule has 0 fully saturated rings. The lowest BCUT2D eigenvalue weighted by atomic mass is 10.0. The monoisotopic (exact) mass is 449 g/mol. The predicted molar refractivity (Wildman–Crippen MR) is 125 cm³/mol. The smallest absolute Gasteiger partial charge is 0.111 e. The van der Waals surface area contributed by atoms with Gasteiger partial charge in [0.25, 0.3) is 0 Å². The Morgan fingerprint density at radius 1 is 0.613 bits per heavy atom. The summed E-state index contributed by atoms with van der Waals surface area (Å²) >= 11 is 0. The number of unbranched alkanes of at least 4 members (excludes halogenated alkanes) is 12. The van der Waals surface area contributed by atoms with Gasteiger partial charge in [-0.1, -0.05) is 84.0 Å². The van der Waals surface area contributed by atoms with Gasteiger partial charge in [0.15, 0.2) is 0 Å². The highest BCUT2D eigenvalue weighted by Crippen LogP contribution is 2.12. The lowest BCUT2D eigenvalue weighted by molar-refractivity contribution is -0.113. The van der Waals surface area contributed by atoms with E-state index < -0.39 is 31.0 Å². The Labute approximate surface area is 190 Å². The van der Waals surface area contributed by atoms with Gasteiger partial charge in [-0.05, 0) is 19.4 Å².